The molecule has 1 aromatic carbocycles. The molecule has 0 saturated carbocycles. The predicted octanol–water partition coefficient (Wildman–Crippen LogP) is 2.40. The Bertz CT molecular complexity index is 504. The number of Topliss-reactive ketones (excluding diaryl/α,β-unsaturated/α-hetero) is 2. The topological polar surface area (TPSA) is 72.8 Å². The first-order valence-electron chi connectivity index (χ1n) is 7.40. The third-order valence-corrected chi connectivity index (χ3v) is 3.59. The molecule has 0 heterocycles. The summed E-state index contributed by atoms with van der Waals surface area (Å²) >= 11 is 0. The van der Waals surface area contributed by atoms with Gasteiger partial charge in [0, 0.05) is 5.56 Å². The SMILES string of the molecule is CCC(C)(O)C(=O)c1ccc(OCCOC(C)C(C)=O)cc1. The molecule has 2 atom stereocenters. The summed E-state index contributed by atoms with van der Waals surface area (Å²) < 4.78 is 10.8. The third kappa shape index (κ3) is 5.24. The average molecular weight is 308 g/mol. The van der Waals surface area contributed by atoms with E-state index in [1.165, 1.54) is 13.8 Å². The number of carbonyl (C=O) groups is 2. The van der Waals surface area contributed by atoms with E-state index in [4.69, 9.17) is 9.47 Å². The third-order valence-electron chi connectivity index (χ3n) is 3.59. The lowest BCUT2D eigenvalue weighted by Crippen LogP contribution is -2.34. The molecule has 0 aliphatic carbocycles. The zero-order valence-corrected chi connectivity index (χ0v) is 13.6. The predicted molar refractivity (Wildman–Crippen MR) is 83.3 cm³/mol. The minimum atomic E-state index is -1.35. The maximum Gasteiger partial charge on any atom is 0.194 e. The average Bonchev–Trinajstić information content (AvgIpc) is 2.51. The van der Waals surface area contributed by atoms with Crippen molar-refractivity contribution in [3.63, 3.8) is 0 Å². The lowest BCUT2D eigenvalue weighted by Gasteiger charge is -2.19. The van der Waals surface area contributed by atoms with Gasteiger partial charge in [-0.15, -0.1) is 0 Å². The molecule has 0 aliphatic rings. The molecule has 1 rings (SSSR count). The van der Waals surface area contributed by atoms with Crippen LogP contribution in [0.1, 0.15) is 44.5 Å². The summed E-state index contributed by atoms with van der Waals surface area (Å²) in [6.07, 6.45) is -0.0738. The zero-order chi connectivity index (χ0) is 16.8. The second kappa shape index (κ2) is 8.06. The molecule has 0 aliphatic heterocycles. The fraction of sp³-hybridized carbons (Fsp3) is 0.529. The molecule has 5 heteroatoms. The Balaban J connectivity index is 2.49. The molecule has 2 unspecified atom stereocenters. The lowest BCUT2D eigenvalue weighted by molar-refractivity contribution is -0.127. The second-order valence-electron chi connectivity index (χ2n) is 5.45. The number of carbonyl (C=O) groups excluding carboxylic acids is 2. The highest BCUT2D eigenvalue weighted by atomic mass is 16.5. The van der Waals surface area contributed by atoms with E-state index in [1.807, 2.05) is 0 Å². The maximum absolute atomic E-state index is 12.1. The lowest BCUT2D eigenvalue weighted by atomic mass is 9.92. The van der Waals surface area contributed by atoms with Crippen LogP contribution in [-0.2, 0) is 9.53 Å². The van der Waals surface area contributed by atoms with E-state index in [2.05, 4.69) is 0 Å². The fourth-order valence-electron chi connectivity index (χ4n) is 1.68. The summed E-state index contributed by atoms with van der Waals surface area (Å²) in [5, 5.41) is 9.96. The minimum absolute atomic E-state index is 0.0224. The van der Waals surface area contributed by atoms with E-state index in [0.29, 0.717) is 30.9 Å². The number of benzene rings is 1. The molecule has 5 nitrogen and oxygen atoms in total. The van der Waals surface area contributed by atoms with Crippen LogP contribution >= 0.6 is 0 Å². The molecule has 0 bridgehead atoms. The molecular weight excluding hydrogens is 284 g/mol. The van der Waals surface area contributed by atoms with Gasteiger partial charge in [-0.25, -0.2) is 0 Å². The van der Waals surface area contributed by atoms with E-state index >= 15 is 0 Å². The summed E-state index contributed by atoms with van der Waals surface area (Å²) in [6, 6.07) is 6.60. The van der Waals surface area contributed by atoms with Gasteiger partial charge in [0.2, 0.25) is 0 Å². The molecule has 122 valence electrons. The van der Waals surface area contributed by atoms with E-state index in [-0.39, 0.29) is 11.6 Å². The van der Waals surface area contributed by atoms with Gasteiger partial charge in [0.15, 0.2) is 11.6 Å². The van der Waals surface area contributed by atoms with Crippen molar-refractivity contribution in [1.29, 1.82) is 0 Å². The summed E-state index contributed by atoms with van der Waals surface area (Å²) in [6.45, 7) is 7.07. The van der Waals surface area contributed by atoms with E-state index in [0.717, 1.165) is 0 Å². The molecular formula is C17H24O5. The molecule has 1 N–H and O–H groups in total. The van der Waals surface area contributed by atoms with Crippen LogP contribution in [0.3, 0.4) is 0 Å². The largest absolute Gasteiger partial charge is 0.491 e. The van der Waals surface area contributed by atoms with Crippen LogP contribution in [-0.4, -0.2) is 41.6 Å². The van der Waals surface area contributed by atoms with Crippen LogP contribution in [0.4, 0.5) is 0 Å². The van der Waals surface area contributed by atoms with Crippen molar-refractivity contribution < 1.29 is 24.2 Å². The van der Waals surface area contributed by atoms with Gasteiger partial charge in [0.25, 0.3) is 0 Å². The Labute approximate surface area is 131 Å². The highest BCUT2D eigenvalue weighted by Gasteiger charge is 2.28. The van der Waals surface area contributed by atoms with Gasteiger partial charge in [0.05, 0.1) is 6.61 Å². The first kappa shape index (κ1) is 18.3. The number of hydrogen-bond donors (Lipinski definition) is 1. The molecule has 1 aromatic rings. The molecule has 22 heavy (non-hydrogen) atoms. The zero-order valence-electron chi connectivity index (χ0n) is 13.6. The molecule has 0 amide bonds. The summed E-state index contributed by atoms with van der Waals surface area (Å²) in [5.41, 5.74) is -0.903. The maximum atomic E-state index is 12.1. The minimum Gasteiger partial charge on any atom is -0.491 e. The van der Waals surface area contributed by atoms with Crippen molar-refractivity contribution in [2.75, 3.05) is 13.2 Å². The van der Waals surface area contributed by atoms with Crippen molar-refractivity contribution in [2.24, 2.45) is 0 Å². The standard InChI is InChI=1S/C17H24O5/c1-5-17(4,20)16(19)14-6-8-15(9-7-14)22-11-10-21-13(3)12(2)18/h6-9,13,20H,5,10-11H2,1-4H3. The summed E-state index contributed by atoms with van der Waals surface area (Å²) in [7, 11) is 0. The van der Waals surface area contributed by atoms with Crippen LogP contribution in [0.15, 0.2) is 24.3 Å². The number of ketones is 2. The smallest absolute Gasteiger partial charge is 0.194 e. The summed E-state index contributed by atoms with van der Waals surface area (Å²) in [5.74, 6) is 0.276. The summed E-state index contributed by atoms with van der Waals surface area (Å²) in [4.78, 5) is 23.1. The quantitative estimate of drug-likeness (QED) is 0.560. The second-order valence-corrected chi connectivity index (χ2v) is 5.45. The Kier molecular flexibility index (Phi) is 6.71. The molecule has 0 aromatic heterocycles. The Morgan fingerprint density at radius 2 is 1.82 bits per heavy atom. The van der Waals surface area contributed by atoms with Crippen molar-refractivity contribution in [1.82, 2.24) is 0 Å². The monoisotopic (exact) mass is 308 g/mol. The molecule has 0 fully saturated rings. The van der Waals surface area contributed by atoms with Crippen LogP contribution in [0.2, 0.25) is 0 Å². The Hall–Kier alpha value is -1.72. The van der Waals surface area contributed by atoms with Gasteiger partial charge in [-0.1, -0.05) is 6.92 Å². The van der Waals surface area contributed by atoms with E-state index < -0.39 is 11.7 Å². The normalized spacial score (nSPS) is 15.0. The Morgan fingerprint density at radius 3 is 2.32 bits per heavy atom. The number of aliphatic hydroxyl groups is 1. The first-order valence-corrected chi connectivity index (χ1v) is 7.40. The molecule has 0 saturated heterocycles. The van der Waals surface area contributed by atoms with Gasteiger partial charge < -0.3 is 14.6 Å². The van der Waals surface area contributed by atoms with Crippen molar-refractivity contribution >= 4 is 11.6 Å². The van der Waals surface area contributed by atoms with E-state index in [1.54, 1.807) is 38.1 Å². The van der Waals surface area contributed by atoms with Crippen molar-refractivity contribution in [3.05, 3.63) is 29.8 Å². The van der Waals surface area contributed by atoms with E-state index in [9.17, 15) is 14.7 Å². The van der Waals surface area contributed by atoms with Crippen LogP contribution in [0.25, 0.3) is 0 Å². The number of ether oxygens (including phenoxy) is 2. The van der Waals surface area contributed by atoms with Gasteiger partial charge in [-0.05, 0) is 51.5 Å². The molecule has 0 spiro atoms. The van der Waals surface area contributed by atoms with Gasteiger partial charge in [0.1, 0.15) is 24.1 Å². The van der Waals surface area contributed by atoms with Crippen LogP contribution in [0, 0.1) is 0 Å². The van der Waals surface area contributed by atoms with Gasteiger partial charge in [-0.2, -0.15) is 0 Å². The number of hydrogen-bond acceptors (Lipinski definition) is 5. The fourth-order valence-corrected chi connectivity index (χ4v) is 1.68. The Morgan fingerprint density at radius 1 is 1.23 bits per heavy atom. The van der Waals surface area contributed by atoms with Gasteiger partial charge >= 0.3 is 0 Å². The molecule has 0 radical (unpaired) electrons. The van der Waals surface area contributed by atoms with Crippen molar-refractivity contribution in [2.45, 2.75) is 45.8 Å². The van der Waals surface area contributed by atoms with Crippen LogP contribution < -0.4 is 4.74 Å². The number of rotatable bonds is 9. The van der Waals surface area contributed by atoms with Crippen molar-refractivity contribution in [3.8, 4) is 5.75 Å². The van der Waals surface area contributed by atoms with Crippen LogP contribution in [0.5, 0.6) is 5.75 Å². The first-order chi connectivity index (χ1) is 10.3. The highest BCUT2D eigenvalue weighted by molar-refractivity contribution is 6.02. The highest BCUT2D eigenvalue weighted by Crippen LogP contribution is 2.19. The van der Waals surface area contributed by atoms with Gasteiger partial charge in [-0.3, -0.25) is 9.59 Å².